The van der Waals surface area contributed by atoms with Crippen LogP contribution in [0, 0.1) is 0 Å². The highest BCUT2D eigenvalue weighted by atomic mass is 16.8. The van der Waals surface area contributed by atoms with E-state index in [0.717, 1.165) is 0 Å². The third kappa shape index (κ3) is 11.6. The SMILES string of the molecule is C=CCO[C@H]1O[C@H](CO[C@@H]2O[C@@H](C)[C@H](OC(=O)c3ccccc3)[C@@H](OC(=O)c3ccccc3)[C@H]2OC(=O)c2ccccc2)[C@@H](OC(=O)c2ccccc2)[C@H](OC(=O)c2ccccc2)[C@H]1O. The van der Waals surface area contributed by atoms with E-state index < -0.39 is 97.9 Å². The molecule has 0 spiro atoms. The topological polar surface area (TPSA) is 189 Å². The van der Waals surface area contributed by atoms with E-state index in [4.69, 9.17) is 42.6 Å². The van der Waals surface area contributed by atoms with Gasteiger partial charge in [-0.1, -0.05) is 97.1 Å². The van der Waals surface area contributed by atoms with Gasteiger partial charge < -0.3 is 47.7 Å². The number of ether oxygens (including phenoxy) is 9. The van der Waals surface area contributed by atoms with E-state index >= 15 is 0 Å². The Balaban J connectivity index is 1.24. The minimum Gasteiger partial charge on any atom is -0.452 e. The van der Waals surface area contributed by atoms with Crippen molar-refractivity contribution < 1.29 is 71.7 Å². The number of aliphatic hydroxyl groups is 1. The standard InChI is InChI=1S/C50H46O15/c1-3-29-57-49-38(51)41(63-46(54)34-23-13-6-14-24-34)40(62-45(53)33-21-11-5-12-22-33)37(60-49)30-58-50-43(65-48(56)36-27-17-8-18-28-36)42(64-47(55)35-25-15-7-16-26-35)39(31(2)59-50)61-44(52)32-19-9-4-10-20-32/h3-28,31,37-43,49-51H,1,29-30H2,2H3/t31-,37+,38+,39-,40+,41+,42+,43+,49-,50+/m0/s1. The van der Waals surface area contributed by atoms with Crippen LogP contribution in [0.4, 0.5) is 0 Å². The summed E-state index contributed by atoms with van der Waals surface area (Å²) in [6, 6.07) is 40.0. The summed E-state index contributed by atoms with van der Waals surface area (Å²) in [5, 5.41) is 11.7. The van der Waals surface area contributed by atoms with Crippen LogP contribution in [0.1, 0.15) is 58.7 Å². The van der Waals surface area contributed by atoms with E-state index in [1.165, 1.54) is 54.6 Å². The van der Waals surface area contributed by atoms with Crippen molar-refractivity contribution in [3.05, 3.63) is 192 Å². The van der Waals surface area contributed by atoms with Gasteiger partial charge in [-0.15, -0.1) is 6.58 Å². The number of carbonyl (C=O) groups is 5. The molecule has 15 heteroatoms. The van der Waals surface area contributed by atoms with Crippen LogP contribution in [0.15, 0.2) is 164 Å². The molecule has 0 unspecified atom stereocenters. The molecule has 0 saturated carbocycles. The van der Waals surface area contributed by atoms with Gasteiger partial charge in [-0.05, 0) is 67.6 Å². The molecular weight excluding hydrogens is 841 g/mol. The number of esters is 5. The van der Waals surface area contributed by atoms with Crippen molar-refractivity contribution in [2.75, 3.05) is 13.2 Å². The minimum absolute atomic E-state index is 0.110. The summed E-state index contributed by atoms with van der Waals surface area (Å²) in [6.07, 6.45) is -13.6. The van der Waals surface area contributed by atoms with Crippen molar-refractivity contribution in [2.45, 2.75) is 68.3 Å². The van der Waals surface area contributed by atoms with Gasteiger partial charge in [0.05, 0.1) is 47.1 Å². The molecule has 1 N–H and O–H groups in total. The molecule has 10 atom stereocenters. The molecule has 0 bridgehead atoms. The summed E-state index contributed by atoms with van der Waals surface area (Å²) in [7, 11) is 0. The Labute approximate surface area is 374 Å². The predicted octanol–water partition coefficient (Wildman–Crippen LogP) is 6.16. The molecule has 0 radical (unpaired) electrons. The maximum absolute atomic E-state index is 13.9. The van der Waals surface area contributed by atoms with Crippen molar-refractivity contribution in [1.82, 2.24) is 0 Å². The molecule has 0 aromatic heterocycles. The fourth-order valence-corrected chi connectivity index (χ4v) is 7.15. The fourth-order valence-electron chi connectivity index (χ4n) is 7.15. The zero-order chi connectivity index (χ0) is 45.7. The van der Waals surface area contributed by atoms with Gasteiger partial charge in [-0.2, -0.15) is 0 Å². The minimum atomic E-state index is -1.71. The van der Waals surface area contributed by atoms with Crippen LogP contribution in [0.5, 0.6) is 0 Å². The molecule has 7 rings (SSSR count). The Kier molecular flexibility index (Phi) is 15.6. The summed E-state index contributed by atoms with van der Waals surface area (Å²) >= 11 is 0. The van der Waals surface area contributed by atoms with Gasteiger partial charge in [0.15, 0.2) is 43.1 Å². The molecule has 2 aliphatic heterocycles. The predicted molar refractivity (Wildman–Crippen MR) is 229 cm³/mol. The number of benzene rings is 5. The van der Waals surface area contributed by atoms with Gasteiger partial charge in [0.2, 0.25) is 0 Å². The molecule has 5 aromatic rings. The first-order valence-electron chi connectivity index (χ1n) is 20.7. The molecule has 2 heterocycles. The Morgan fingerprint density at radius 2 is 0.831 bits per heavy atom. The summed E-state index contributed by atoms with van der Waals surface area (Å²) in [6.45, 7) is 4.53. The Morgan fingerprint density at radius 3 is 1.23 bits per heavy atom. The lowest BCUT2D eigenvalue weighted by Gasteiger charge is -2.45. The Bertz CT molecular complexity index is 2360. The molecular formula is C50H46O15. The molecule has 0 amide bonds. The molecule has 2 saturated heterocycles. The van der Waals surface area contributed by atoms with E-state index in [1.807, 2.05) is 0 Å². The van der Waals surface area contributed by atoms with Gasteiger partial charge >= 0.3 is 29.8 Å². The van der Waals surface area contributed by atoms with E-state index in [1.54, 1.807) is 110 Å². The molecule has 336 valence electrons. The lowest BCUT2D eigenvalue weighted by Crippen LogP contribution is -2.64. The van der Waals surface area contributed by atoms with Gasteiger partial charge in [-0.3, -0.25) is 0 Å². The Hall–Kier alpha value is -7.01. The van der Waals surface area contributed by atoms with Crippen LogP contribution < -0.4 is 0 Å². The molecule has 2 aliphatic rings. The van der Waals surface area contributed by atoms with Gasteiger partial charge in [-0.25, -0.2) is 24.0 Å². The summed E-state index contributed by atoms with van der Waals surface area (Å²) < 4.78 is 54.7. The van der Waals surface area contributed by atoms with Gasteiger partial charge in [0.25, 0.3) is 0 Å². The van der Waals surface area contributed by atoms with Crippen molar-refractivity contribution >= 4 is 29.8 Å². The highest BCUT2D eigenvalue weighted by Gasteiger charge is 2.54. The summed E-state index contributed by atoms with van der Waals surface area (Å²) in [5.41, 5.74) is 0.730. The van der Waals surface area contributed by atoms with Crippen molar-refractivity contribution in [2.24, 2.45) is 0 Å². The first-order chi connectivity index (χ1) is 31.6. The smallest absolute Gasteiger partial charge is 0.338 e. The molecule has 5 aromatic carbocycles. The molecule has 65 heavy (non-hydrogen) atoms. The van der Waals surface area contributed by atoms with Crippen LogP contribution in [0.25, 0.3) is 0 Å². The summed E-state index contributed by atoms with van der Waals surface area (Å²) in [5.74, 6) is -4.19. The van der Waals surface area contributed by atoms with Crippen LogP contribution in [-0.4, -0.2) is 110 Å². The highest BCUT2D eigenvalue weighted by molar-refractivity contribution is 5.92. The second-order valence-corrected chi connectivity index (χ2v) is 14.9. The van der Waals surface area contributed by atoms with Crippen molar-refractivity contribution in [3.63, 3.8) is 0 Å². The normalized spacial score (nSPS) is 25.0. The van der Waals surface area contributed by atoms with Crippen LogP contribution in [0.3, 0.4) is 0 Å². The number of hydrogen-bond acceptors (Lipinski definition) is 15. The molecule has 15 nitrogen and oxygen atoms in total. The zero-order valence-electron chi connectivity index (χ0n) is 35.1. The number of carbonyl (C=O) groups excluding carboxylic acids is 5. The summed E-state index contributed by atoms with van der Waals surface area (Å²) in [4.78, 5) is 68.6. The van der Waals surface area contributed by atoms with Crippen LogP contribution in [-0.2, 0) is 42.6 Å². The van der Waals surface area contributed by atoms with Gasteiger partial charge in [0.1, 0.15) is 12.2 Å². The van der Waals surface area contributed by atoms with E-state index in [0.29, 0.717) is 0 Å². The van der Waals surface area contributed by atoms with E-state index in [-0.39, 0.29) is 34.4 Å². The van der Waals surface area contributed by atoms with E-state index in [2.05, 4.69) is 6.58 Å². The number of hydrogen-bond donors (Lipinski definition) is 1. The van der Waals surface area contributed by atoms with Crippen molar-refractivity contribution in [1.29, 1.82) is 0 Å². The van der Waals surface area contributed by atoms with Crippen LogP contribution >= 0.6 is 0 Å². The first kappa shape index (κ1) is 46.0. The number of aliphatic hydroxyl groups excluding tert-OH is 1. The largest absolute Gasteiger partial charge is 0.452 e. The first-order valence-corrected chi connectivity index (χ1v) is 20.7. The third-order valence-corrected chi connectivity index (χ3v) is 10.4. The maximum atomic E-state index is 13.9. The van der Waals surface area contributed by atoms with E-state index in [9.17, 15) is 29.1 Å². The van der Waals surface area contributed by atoms with Crippen molar-refractivity contribution in [3.8, 4) is 0 Å². The average molecular weight is 887 g/mol. The average Bonchev–Trinajstić information content (AvgIpc) is 3.35. The molecule has 0 aliphatic carbocycles. The Morgan fingerprint density at radius 1 is 0.477 bits per heavy atom. The van der Waals surface area contributed by atoms with Crippen LogP contribution in [0.2, 0.25) is 0 Å². The highest BCUT2D eigenvalue weighted by Crippen LogP contribution is 2.34. The molecule has 2 fully saturated rings. The zero-order valence-corrected chi connectivity index (χ0v) is 35.1. The second-order valence-electron chi connectivity index (χ2n) is 14.9. The fraction of sp³-hybridized carbons (Fsp3) is 0.260. The quantitative estimate of drug-likeness (QED) is 0.0673. The third-order valence-electron chi connectivity index (χ3n) is 10.4. The van der Waals surface area contributed by atoms with Gasteiger partial charge in [0, 0.05) is 0 Å². The number of rotatable bonds is 16. The monoisotopic (exact) mass is 886 g/mol. The second kappa shape index (κ2) is 22.1. The maximum Gasteiger partial charge on any atom is 0.338 e. The lowest BCUT2D eigenvalue weighted by molar-refractivity contribution is -0.324. The lowest BCUT2D eigenvalue weighted by atomic mass is 9.97.